The maximum Gasteiger partial charge on any atom is 0.356 e. The Bertz CT molecular complexity index is 1720. The van der Waals surface area contributed by atoms with Crippen LogP contribution in [0.15, 0.2) is 48.8 Å². The second-order valence-corrected chi connectivity index (χ2v) is 9.50. The molecule has 3 N–H and O–H groups in total. The lowest BCUT2D eigenvalue weighted by molar-refractivity contribution is -0.140. The second kappa shape index (κ2) is 11.3. The number of tetrazole rings is 1. The Morgan fingerprint density at radius 3 is 2.67 bits per heavy atom. The third-order valence-corrected chi connectivity index (χ3v) is 7.10. The summed E-state index contributed by atoms with van der Waals surface area (Å²) in [6.45, 7) is 3.65. The van der Waals surface area contributed by atoms with E-state index in [4.69, 9.17) is 9.47 Å². The van der Waals surface area contributed by atoms with Crippen LogP contribution < -0.4 is 9.64 Å². The number of carbonyl (C=O) groups is 2. The number of ether oxygens (including phenoxy) is 2. The van der Waals surface area contributed by atoms with E-state index in [1.54, 1.807) is 22.7 Å². The first-order valence-electron chi connectivity index (χ1n) is 13.3. The lowest BCUT2D eigenvalue weighted by atomic mass is 10.0. The first kappa shape index (κ1) is 26.9. The first-order valence-corrected chi connectivity index (χ1v) is 13.3. The number of piperazine rings is 1. The number of nitrogens with one attached hydrogen (secondary N) is 2. The third kappa shape index (κ3) is 4.79. The Morgan fingerprint density at radius 2 is 1.93 bits per heavy atom. The maximum absolute atomic E-state index is 13.5. The first-order chi connectivity index (χ1) is 20.5. The number of aliphatic hydroxyl groups is 1. The number of pyridine rings is 1. The average Bonchev–Trinajstić information content (AvgIpc) is 3.81. The number of carbonyl (C=O) groups excluding carboxylic acids is 2. The van der Waals surface area contributed by atoms with E-state index in [2.05, 4.69) is 35.7 Å². The molecule has 0 spiro atoms. The van der Waals surface area contributed by atoms with Gasteiger partial charge in [0.1, 0.15) is 22.8 Å². The number of rotatable bonds is 8. The number of H-pyrrole nitrogens is 2. The molecule has 1 atom stereocenters. The van der Waals surface area contributed by atoms with Gasteiger partial charge in [0.05, 0.1) is 36.5 Å². The molecule has 15 nitrogen and oxygen atoms in total. The maximum atomic E-state index is 13.5. The number of nitrogens with zero attached hydrogens (tertiary/aromatic N) is 8. The van der Waals surface area contributed by atoms with E-state index in [1.807, 2.05) is 35.2 Å². The summed E-state index contributed by atoms with van der Waals surface area (Å²) in [5.41, 5.74) is 2.64. The normalized spacial score (nSPS) is 14.3. The minimum absolute atomic E-state index is 0.177. The fourth-order valence-corrected chi connectivity index (χ4v) is 5.01. The number of amides is 1. The van der Waals surface area contributed by atoms with Crippen LogP contribution in [0.4, 0.5) is 5.95 Å². The van der Waals surface area contributed by atoms with Gasteiger partial charge >= 0.3 is 5.97 Å². The fourth-order valence-electron chi connectivity index (χ4n) is 5.01. The number of hydrogen-bond donors (Lipinski definition) is 3. The fraction of sp³-hybridized carbons (Fsp3) is 0.296. The number of esters is 1. The Labute approximate surface area is 239 Å². The van der Waals surface area contributed by atoms with Crippen LogP contribution >= 0.6 is 0 Å². The third-order valence-electron chi connectivity index (χ3n) is 7.10. The van der Waals surface area contributed by atoms with Gasteiger partial charge < -0.3 is 29.4 Å². The van der Waals surface area contributed by atoms with Crippen molar-refractivity contribution < 1.29 is 24.2 Å². The molecular formula is C27H28N10O5. The van der Waals surface area contributed by atoms with E-state index in [0.29, 0.717) is 65.7 Å². The summed E-state index contributed by atoms with van der Waals surface area (Å²) < 4.78 is 12.2. The van der Waals surface area contributed by atoms with Crippen molar-refractivity contribution >= 4 is 28.7 Å². The molecule has 1 aliphatic heterocycles. The molecule has 0 bridgehead atoms. The highest BCUT2D eigenvalue weighted by Gasteiger charge is 2.32. The number of aromatic nitrogens is 8. The van der Waals surface area contributed by atoms with Gasteiger partial charge in [-0.1, -0.05) is 23.3 Å². The van der Waals surface area contributed by atoms with E-state index in [0.717, 1.165) is 5.69 Å². The van der Waals surface area contributed by atoms with Gasteiger partial charge in [-0.3, -0.25) is 9.89 Å². The van der Waals surface area contributed by atoms with Crippen LogP contribution in [0, 0.1) is 0 Å². The van der Waals surface area contributed by atoms with Crippen molar-refractivity contribution in [2.24, 2.45) is 0 Å². The van der Waals surface area contributed by atoms with Gasteiger partial charge in [0.25, 0.3) is 5.91 Å². The molecule has 0 aliphatic carbocycles. The van der Waals surface area contributed by atoms with Crippen LogP contribution in [0.1, 0.15) is 29.1 Å². The van der Waals surface area contributed by atoms with Crippen LogP contribution in [0.3, 0.4) is 0 Å². The monoisotopic (exact) mass is 572 g/mol. The smallest absolute Gasteiger partial charge is 0.356 e. The molecule has 1 aromatic carbocycles. The van der Waals surface area contributed by atoms with E-state index in [1.165, 1.54) is 19.4 Å². The number of methoxy groups -OCH3 is 1. The zero-order valence-corrected chi connectivity index (χ0v) is 22.9. The molecule has 216 valence electrons. The number of hydrogen-bond acceptors (Lipinski definition) is 11. The lowest BCUT2D eigenvalue weighted by Gasteiger charge is -2.35. The second-order valence-electron chi connectivity index (χ2n) is 9.50. The highest BCUT2D eigenvalue weighted by molar-refractivity contribution is 6.00. The molecule has 1 aliphatic rings. The predicted molar refractivity (Wildman–Crippen MR) is 149 cm³/mol. The van der Waals surface area contributed by atoms with Crippen molar-refractivity contribution in [3.05, 3.63) is 60.0 Å². The molecule has 5 aromatic rings. The SMILES string of the molecule is CCOC(=O)c1cc(-c2ncc(OC)c3c(C(O)C(=O)N4CCN(c5nnnn5-c5ccccc5)CC4)c[nH]c23)n[nH]1. The van der Waals surface area contributed by atoms with Crippen LogP contribution in [0.2, 0.25) is 0 Å². The van der Waals surface area contributed by atoms with Gasteiger partial charge in [-0.2, -0.15) is 9.78 Å². The number of fused-ring (bicyclic) bond motifs is 1. The molecule has 1 saturated heterocycles. The number of aliphatic hydroxyl groups excluding tert-OH is 1. The summed E-state index contributed by atoms with van der Waals surface area (Å²) in [4.78, 5) is 36.8. The van der Waals surface area contributed by atoms with Crippen molar-refractivity contribution in [3.63, 3.8) is 0 Å². The standard InChI is InChI=1S/C27H28N10O5/c1-3-42-26(40)19-13-18(30-31-19)22-23-21(20(41-2)15-29-22)17(14-28-23)24(38)25(39)35-9-11-36(12-10-35)27-32-33-34-37(27)16-7-5-4-6-8-16/h4-8,13-15,24,28,38H,3,9-12H2,1-2H3,(H,30,31). The van der Waals surface area contributed by atoms with Crippen LogP contribution in [-0.4, -0.2) is 102 Å². The minimum Gasteiger partial charge on any atom is -0.494 e. The molecule has 42 heavy (non-hydrogen) atoms. The molecular weight excluding hydrogens is 544 g/mol. The van der Waals surface area contributed by atoms with E-state index >= 15 is 0 Å². The summed E-state index contributed by atoms with van der Waals surface area (Å²) in [6.07, 6.45) is 1.59. The quantitative estimate of drug-likeness (QED) is 0.229. The van der Waals surface area contributed by atoms with Gasteiger partial charge in [0, 0.05) is 44.0 Å². The lowest BCUT2D eigenvalue weighted by Crippen LogP contribution is -2.50. The van der Waals surface area contributed by atoms with Gasteiger partial charge in [0.2, 0.25) is 5.95 Å². The molecule has 0 saturated carbocycles. The molecule has 4 aromatic heterocycles. The molecule has 1 amide bonds. The van der Waals surface area contributed by atoms with E-state index in [9.17, 15) is 14.7 Å². The van der Waals surface area contributed by atoms with Crippen molar-refractivity contribution in [2.75, 3.05) is 44.8 Å². The summed E-state index contributed by atoms with van der Waals surface area (Å²) in [6, 6.07) is 11.1. The van der Waals surface area contributed by atoms with E-state index in [-0.39, 0.29) is 12.3 Å². The zero-order valence-electron chi connectivity index (χ0n) is 22.9. The Hall–Kier alpha value is -5.31. The molecule has 5 heterocycles. The number of anilines is 1. The Balaban J connectivity index is 1.21. The minimum atomic E-state index is -1.46. The van der Waals surface area contributed by atoms with Gasteiger partial charge in [-0.15, -0.1) is 0 Å². The topological polar surface area (TPSA) is 180 Å². The summed E-state index contributed by atoms with van der Waals surface area (Å²) in [7, 11) is 1.48. The highest BCUT2D eigenvalue weighted by atomic mass is 16.5. The van der Waals surface area contributed by atoms with Gasteiger partial charge in [-0.25, -0.2) is 9.78 Å². The summed E-state index contributed by atoms with van der Waals surface area (Å²) in [5, 5.41) is 30.8. The predicted octanol–water partition coefficient (Wildman–Crippen LogP) is 1.50. The molecule has 15 heteroatoms. The zero-order chi connectivity index (χ0) is 29.2. The Morgan fingerprint density at radius 1 is 1.14 bits per heavy atom. The number of para-hydroxylation sites is 1. The summed E-state index contributed by atoms with van der Waals surface area (Å²) >= 11 is 0. The van der Waals surface area contributed by atoms with Crippen molar-refractivity contribution in [2.45, 2.75) is 13.0 Å². The molecule has 1 unspecified atom stereocenters. The van der Waals surface area contributed by atoms with Crippen LogP contribution in [0.5, 0.6) is 5.75 Å². The number of aromatic amines is 2. The van der Waals surface area contributed by atoms with Gasteiger partial charge in [0.15, 0.2) is 6.10 Å². The van der Waals surface area contributed by atoms with Crippen LogP contribution in [-0.2, 0) is 9.53 Å². The van der Waals surface area contributed by atoms with Gasteiger partial charge in [-0.05, 0) is 29.5 Å². The summed E-state index contributed by atoms with van der Waals surface area (Å²) in [5.74, 6) is -0.0239. The number of benzene rings is 1. The molecule has 6 rings (SSSR count). The van der Waals surface area contributed by atoms with E-state index < -0.39 is 18.0 Å². The highest BCUT2D eigenvalue weighted by Crippen LogP contribution is 2.37. The molecule has 1 fully saturated rings. The van der Waals surface area contributed by atoms with Crippen molar-refractivity contribution in [3.8, 4) is 22.8 Å². The average molecular weight is 573 g/mol. The van der Waals surface area contributed by atoms with Crippen LogP contribution in [0.25, 0.3) is 28.0 Å². The molecule has 0 radical (unpaired) electrons. The largest absolute Gasteiger partial charge is 0.494 e. The van der Waals surface area contributed by atoms with Crippen molar-refractivity contribution in [1.82, 2.24) is 45.3 Å². The Kier molecular flexibility index (Phi) is 7.23. The van der Waals surface area contributed by atoms with Crippen molar-refractivity contribution in [1.29, 1.82) is 0 Å².